The Kier molecular flexibility index (Phi) is 5.35. The van der Waals surface area contributed by atoms with E-state index >= 15 is 0 Å². The van der Waals surface area contributed by atoms with Crippen LogP contribution >= 0.6 is 0 Å². The van der Waals surface area contributed by atoms with Gasteiger partial charge in [0.15, 0.2) is 0 Å². The van der Waals surface area contributed by atoms with Gasteiger partial charge in [-0.15, -0.1) is 0 Å². The molecule has 136 valence electrons. The number of carbonyl (C=O) groups is 1. The first-order valence-electron chi connectivity index (χ1n) is 8.72. The van der Waals surface area contributed by atoms with E-state index in [0.717, 1.165) is 18.7 Å². The van der Waals surface area contributed by atoms with Crippen molar-refractivity contribution in [3.8, 4) is 5.88 Å². The highest BCUT2D eigenvalue weighted by atomic mass is 16.6. The van der Waals surface area contributed by atoms with Crippen molar-refractivity contribution in [2.24, 2.45) is 11.1 Å². The van der Waals surface area contributed by atoms with Crippen molar-refractivity contribution >= 4 is 17.6 Å². The summed E-state index contributed by atoms with van der Waals surface area (Å²) in [6.07, 6.45) is 2.66. The van der Waals surface area contributed by atoms with E-state index in [-0.39, 0.29) is 5.91 Å². The maximum Gasteiger partial charge on any atom is 0.266 e. The Balaban J connectivity index is 1.59. The summed E-state index contributed by atoms with van der Waals surface area (Å²) >= 11 is 0. The number of ether oxygens (including phenoxy) is 1. The summed E-state index contributed by atoms with van der Waals surface area (Å²) in [7, 11) is 1.59. The van der Waals surface area contributed by atoms with Crippen LogP contribution in [0.5, 0.6) is 5.88 Å². The molecule has 8 nitrogen and oxygen atoms in total. The van der Waals surface area contributed by atoms with Gasteiger partial charge in [0.05, 0.1) is 12.8 Å². The SMILES string of the molecule is COc1ccnc(N2CCCN(C(=O)C3CC(C(C)C)=NO3)CC2)n1. The molecule has 3 heterocycles. The van der Waals surface area contributed by atoms with Crippen molar-refractivity contribution in [1.82, 2.24) is 14.9 Å². The van der Waals surface area contributed by atoms with Gasteiger partial charge >= 0.3 is 0 Å². The third kappa shape index (κ3) is 4.00. The van der Waals surface area contributed by atoms with Gasteiger partial charge in [0.1, 0.15) is 0 Å². The van der Waals surface area contributed by atoms with Crippen molar-refractivity contribution < 1.29 is 14.4 Å². The fourth-order valence-corrected chi connectivity index (χ4v) is 3.01. The van der Waals surface area contributed by atoms with E-state index in [0.29, 0.717) is 43.8 Å². The zero-order valence-electron chi connectivity index (χ0n) is 15.0. The molecule has 2 aliphatic heterocycles. The summed E-state index contributed by atoms with van der Waals surface area (Å²) < 4.78 is 5.16. The minimum absolute atomic E-state index is 0.0211. The fourth-order valence-electron chi connectivity index (χ4n) is 3.01. The first-order valence-corrected chi connectivity index (χ1v) is 8.72. The number of anilines is 1. The number of rotatable bonds is 4. The molecule has 1 unspecified atom stereocenters. The van der Waals surface area contributed by atoms with Gasteiger partial charge in [-0.2, -0.15) is 4.98 Å². The molecule has 0 aliphatic carbocycles. The van der Waals surface area contributed by atoms with Crippen LogP contribution in [0.2, 0.25) is 0 Å². The van der Waals surface area contributed by atoms with E-state index in [1.165, 1.54) is 0 Å². The molecule has 1 aromatic heterocycles. The van der Waals surface area contributed by atoms with Crippen LogP contribution in [0, 0.1) is 5.92 Å². The first-order chi connectivity index (χ1) is 12.1. The molecular weight excluding hydrogens is 322 g/mol. The lowest BCUT2D eigenvalue weighted by atomic mass is 10.0. The molecule has 8 heteroatoms. The van der Waals surface area contributed by atoms with Gasteiger partial charge in [0.25, 0.3) is 5.91 Å². The molecule has 0 N–H and O–H groups in total. The second-order valence-electron chi connectivity index (χ2n) is 6.60. The number of nitrogens with zero attached hydrogens (tertiary/aromatic N) is 5. The molecule has 1 amide bonds. The molecule has 0 saturated carbocycles. The summed E-state index contributed by atoms with van der Waals surface area (Å²) in [4.78, 5) is 30.7. The van der Waals surface area contributed by atoms with Gasteiger partial charge in [0, 0.05) is 44.9 Å². The normalized spacial score (nSPS) is 21.0. The minimum Gasteiger partial charge on any atom is -0.481 e. The molecule has 2 aliphatic rings. The van der Waals surface area contributed by atoms with Gasteiger partial charge in [-0.3, -0.25) is 4.79 Å². The van der Waals surface area contributed by atoms with E-state index in [9.17, 15) is 4.79 Å². The number of oxime groups is 1. The molecule has 3 rings (SSSR count). The number of hydrogen-bond donors (Lipinski definition) is 0. The molecule has 1 saturated heterocycles. The van der Waals surface area contributed by atoms with E-state index < -0.39 is 6.10 Å². The topological polar surface area (TPSA) is 80.2 Å². The number of hydrogen-bond acceptors (Lipinski definition) is 7. The van der Waals surface area contributed by atoms with Gasteiger partial charge in [-0.1, -0.05) is 19.0 Å². The van der Waals surface area contributed by atoms with Crippen LogP contribution in [0.4, 0.5) is 5.95 Å². The Morgan fingerprint density at radius 3 is 2.88 bits per heavy atom. The Bertz CT molecular complexity index is 649. The first kappa shape index (κ1) is 17.4. The van der Waals surface area contributed by atoms with Gasteiger partial charge in [-0.05, 0) is 12.3 Å². The second-order valence-corrected chi connectivity index (χ2v) is 6.60. The van der Waals surface area contributed by atoms with Gasteiger partial charge < -0.3 is 19.4 Å². The monoisotopic (exact) mass is 347 g/mol. The number of methoxy groups -OCH3 is 1. The minimum atomic E-state index is -0.475. The van der Waals surface area contributed by atoms with Crippen LogP contribution in [0.25, 0.3) is 0 Å². The molecular formula is C17H25N5O3. The van der Waals surface area contributed by atoms with E-state index in [4.69, 9.17) is 9.57 Å². The van der Waals surface area contributed by atoms with Crippen LogP contribution < -0.4 is 9.64 Å². The van der Waals surface area contributed by atoms with Crippen LogP contribution in [-0.4, -0.2) is 65.9 Å². The number of carbonyl (C=O) groups excluding carboxylic acids is 1. The number of aromatic nitrogens is 2. The van der Waals surface area contributed by atoms with Crippen molar-refractivity contribution in [3.63, 3.8) is 0 Å². The fraction of sp³-hybridized carbons (Fsp3) is 0.647. The lowest BCUT2D eigenvalue weighted by molar-refractivity contribution is -0.141. The molecule has 1 atom stereocenters. The standard InChI is InChI=1S/C17H25N5O3/c1-12(2)13-11-14(25-20-13)16(23)21-7-4-8-22(10-9-21)17-18-6-5-15(19-17)24-3/h5-6,12,14H,4,7-11H2,1-3H3. The van der Waals surface area contributed by atoms with E-state index in [1.54, 1.807) is 19.4 Å². The largest absolute Gasteiger partial charge is 0.481 e. The highest BCUT2D eigenvalue weighted by Gasteiger charge is 2.33. The van der Waals surface area contributed by atoms with E-state index in [1.807, 2.05) is 4.90 Å². The summed E-state index contributed by atoms with van der Waals surface area (Å²) in [5, 5.41) is 4.06. The van der Waals surface area contributed by atoms with Crippen LogP contribution in [0.1, 0.15) is 26.7 Å². The summed E-state index contributed by atoms with van der Waals surface area (Å²) in [5.41, 5.74) is 0.958. The number of amides is 1. The molecule has 25 heavy (non-hydrogen) atoms. The van der Waals surface area contributed by atoms with Crippen LogP contribution in [0.3, 0.4) is 0 Å². The molecule has 0 bridgehead atoms. The van der Waals surface area contributed by atoms with Crippen molar-refractivity contribution in [2.75, 3.05) is 38.2 Å². The van der Waals surface area contributed by atoms with E-state index in [2.05, 4.69) is 33.9 Å². The van der Waals surface area contributed by atoms with Crippen molar-refractivity contribution in [1.29, 1.82) is 0 Å². The predicted molar refractivity (Wildman–Crippen MR) is 93.8 cm³/mol. The molecule has 1 fully saturated rings. The van der Waals surface area contributed by atoms with Crippen LogP contribution in [0.15, 0.2) is 17.4 Å². The lowest BCUT2D eigenvalue weighted by Crippen LogP contribution is -2.41. The summed E-state index contributed by atoms with van der Waals surface area (Å²) in [6, 6.07) is 1.72. The lowest BCUT2D eigenvalue weighted by Gasteiger charge is -2.23. The van der Waals surface area contributed by atoms with Gasteiger partial charge in [-0.25, -0.2) is 4.98 Å². The quantitative estimate of drug-likeness (QED) is 0.817. The highest BCUT2D eigenvalue weighted by molar-refractivity contribution is 5.93. The summed E-state index contributed by atoms with van der Waals surface area (Å²) in [5.74, 6) is 1.51. The summed E-state index contributed by atoms with van der Waals surface area (Å²) in [6.45, 7) is 6.94. The predicted octanol–water partition coefficient (Wildman–Crippen LogP) is 1.32. The maximum absolute atomic E-state index is 12.7. The third-order valence-electron chi connectivity index (χ3n) is 4.55. The van der Waals surface area contributed by atoms with Crippen LogP contribution in [-0.2, 0) is 9.63 Å². The smallest absolute Gasteiger partial charge is 0.266 e. The molecule has 0 aromatic carbocycles. The average Bonchev–Trinajstić information content (AvgIpc) is 3.00. The molecule has 0 radical (unpaired) electrons. The zero-order valence-corrected chi connectivity index (χ0v) is 15.0. The van der Waals surface area contributed by atoms with Crippen molar-refractivity contribution in [3.05, 3.63) is 12.3 Å². The Morgan fingerprint density at radius 2 is 2.16 bits per heavy atom. The maximum atomic E-state index is 12.7. The molecule has 1 aromatic rings. The average molecular weight is 347 g/mol. The Morgan fingerprint density at radius 1 is 1.32 bits per heavy atom. The second kappa shape index (κ2) is 7.67. The molecule has 0 spiro atoms. The van der Waals surface area contributed by atoms with Gasteiger partial charge in [0.2, 0.25) is 17.9 Å². The third-order valence-corrected chi connectivity index (χ3v) is 4.55. The Hall–Kier alpha value is -2.38. The highest BCUT2D eigenvalue weighted by Crippen LogP contribution is 2.20. The Labute approximate surface area is 147 Å². The van der Waals surface area contributed by atoms with Crippen molar-refractivity contribution in [2.45, 2.75) is 32.8 Å². The zero-order chi connectivity index (χ0) is 17.8.